The average molecular weight is 341 g/mol. The number of ether oxygens (including phenoxy) is 1. The molecule has 0 saturated heterocycles. The summed E-state index contributed by atoms with van der Waals surface area (Å²) in [6.07, 6.45) is 4.28. The van der Waals surface area contributed by atoms with Gasteiger partial charge in [-0.2, -0.15) is 0 Å². The van der Waals surface area contributed by atoms with Gasteiger partial charge in [0.15, 0.2) is 0 Å². The Bertz CT molecular complexity index is 857. The molecule has 1 aromatic carbocycles. The number of aliphatic hydroxyl groups excluding tert-OH is 1. The van der Waals surface area contributed by atoms with Gasteiger partial charge in [-0.05, 0) is 42.0 Å². The summed E-state index contributed by atoms with van der Waals surface area (Å²) in [6, 6.07) is 5.64. The number of H-pyrrole nitrogens is 1. The van der Waals surface area contributed by atoms with Crippen LogP contribution in [0.25, 0.3) is 0 Å². The van der Waals surface area contributed by atoms with Gasteiger partial charge in [0.1, 0.15) is 11.3 Å². The topological polar surface area (TPSA) is 104 Å². The van der Waals surface area contributed by atoms with Gasteiger partial charge in [0.2, 0.25) is 0 Å². The molecule has 3 N–H and O–H groups in total. The third-order valence-corrected chi connectivity index (χ3v) is 4.94. The zero-order chi connectivity index (χ0) is 17.4. The van der Waals surface area contributed by atoms with Gasteiger partial charge >= 0.3 is 0 Å². The minimum absolute atomic E-state index is 0.0168. The number of rotatable bonds is 4. The lowest BCUT2D eigenvalue weighted by molar-refractivity contribution is 0.0235. The molecule has 1 aliphatic heterocycles. The molecule has 7 nitrogen and oxygen atoms in total. The highest BCUT2D eigenvalue weighted by atomic mass is 16.5. The van der Waals surface area contributed by atoms with Crippen molar-refractivity contribution in [2.45, 2.75) is 31.4 Å². The molecule has 1 saturated carbocycles. The summed E-state index contributed by atoms with van der Waals surface area (Å²) < 4.78 is 5.54. The zero-order valence-electron chi connectivity index (χ0n) is 13.6. The first-order valence-electron chi connectivity index (χ1n) is 8.39. The number of nitrogens with zero attached hydrogens (tertiary/aromatic N) is 1. The molecule has 0 bridgehead atoms. The van der Waals surface area contributed by atoms with Crippen LogP contribution in [0.3, 0.4) is 0 Å². The summed E-state index contributed by atoms with van der Waals surface area (Å²) in [6.45, 7) is 0.670. The van der Waals surface area contributed by atoms with E-state index in [9.17, 15) is 14.7 Å². The van der Waals surface area contributed by atoms with Crippen LogP contribution in [0, 0.1) is 5.92 Å². The lowest BCUT2D eigenvalue weighted by Gasteiger charge is -2.38. The summed E-state index contributed by atoms with van der Waals surface area (Å²) in [5.74, 6) is 0.554. The number of nitrogens with one attached hydrogen (secondary N) is 2. The van der Waals surface area contributed by atoms with Crippen LogP contribution in [0.2, 0.25) is 0 Å². The molecule has 1 aliphatic carbocycles. The lowest BCUT2D eigenvalue weighted by Crippen LogP contribution is -2.42. The van der Waals surface area contributed by atoms with E-state index in [2.05, 4.69) is 15.3 Å². The first-order chi connectivity index (χ1) is 12.1. The van der Waals surface area contributed by atoms with E-state index in [0.29, 0.717) is 19.4 Å². The van der Waals surface area contributed by atoms with Crippen molar-refractivity contribution in [1.29, 1.82) is 0 Å². The fourth-order valence-corrected chi connectivity index (χ4v) is 3.50. The van der Waals surface area contributed by atoms with Gasteiger partial charge in [0.25, 0.3) is 11.5 Å². The van der Waals surface area contributed by atoms with Gasteiger partial charge in [0, 0.05) is 12.6 Å². The second-order valence-corrected chi connectivity index (χ2v) is 6.60. The first-order valence-corrected chi connectivity index (χ1v) is 8.39. The Kier molecular flexibility index (Phi) is 4.01. The number of hydrogen-bond donors (Lipinski definition) is 3. The zero-order valence-corrected chi connectivity index (χ0v) is 13.6. The van der Waals surface area contributed by atoms with Crippen molar-refractivity contribution >= 4 is 5.91 Å². The summed E-state index contributed by atoms with van der Waals surface area (Å²) >= 11 is 0. The predicted molar refractivity (Wildman–Crippen MR) is 89.4 cm³/mol. The third kappa shape index (κ3) is 3.02. The number of fused-ring (bicyclic) bond motifs is 1. The number of carbonyl (C=O) groups is 1. The number of aromatic nitrogens is 2. The Morgan fingerprint density at radius 3 is 3.00 bits per heavy atom. The van der Waals surface area contributed by atoms with Crippen LogP contribution in [0.5, 0.6) is 5.75 Å². The maximum atomic E-state index is 12.6. The van der Waals surface area contributed by atoms with Crippen molar-refractivity contribution in [3.05, 3.63) is 57.8 Å². The molecule has 2 aliphatic rings. The smallest absolute Gasteiger partial charge is 0.263 e. The normalized spacial score (nSPS) is 22.4. The Labute approximate surface area is 144 Å². The highest BCUT2D eigenvalue weighted by Crippen LogP contribution is 2.39. The fraction of sp³-hybridized carbons (Fsp3) is 0.389. The first kappa shape index (κ1) is 15.8. The van der Waals surface area contributed by atoms with Gasteiger partial charge in [-0.1, -0.05) is 6.07 Å². The second-order valence-electron chi connectivity index (χ2n) is 6.60. The summed E-state index contributed by atoms with van der Waals surface area (Å²) in [5, 5.41) is 12.6. The largest absolute Gasteiger partial charge is 0.493 e. The molecule has 1 amide bonds. The van der Waals surface area contributed by atoms with E-state index in [1.807, 2.05) is 18.2 Å². The molecule has 0 spiro atoms. The Hall–Kier alpha value is -2.67. The molecule has 0 radical (unpaired) electrons. The molecule has 1 aromatic heterocycles. The van der Waals surface area contributed by atoms with E-state index in [-0.39, 0.29) is 23.6 Å². The molecule has 0 unspecified atom stereocenters. The van der Waals surface area contributed by atoms with Crippen LogP contribution < -0.4 is 15.6 Å². The number of amides is 1. The molecule has 7 heteroatoms. The average Bonchev–Trinajstić information content (AvgIpc) is 3.05. The second kappa shape index (κ2) is 6.33. The summed E-state index contributed by atoms with van der Waals surface area (Å²) in [4.78, 5) is 30.6. The Balaban J connectivity index is 1.62. The molecule has 2 aromatic rings. The van der Waals surface area contributed by atoms with Crippen LogP contribution in [0.4, 0.5) is 0 Å². The van der Waals surface area contributed by atoms with Crippen LogP contribution in [0.1, 0.15) is 40.4 Å². The van der Waals surface area contributed by atoms with E-state index in [0.717, 1.165) is 23.3 Å². The third-order valence-electron chi connectivity index (χ3n) is 4.94. The molecule has 1 fully saturated rings. The van der Waals surface area contributed by atoms with Crippen molar-refractivity contribution in [3.8, 4) is 5.75 Å². The molecule has 130 valence electrons. The Morgan fingerprint density at radius 2 is 2.24 bits per heavy atom. The number of aliphatic hydroxyl groups is 1. The van der Waals surface area contributed by atoms with Crippen LogP contribution in [0.15, 0.2) is 35.5 Å². The standard InChI is InChI=1S/C18H19N3O4/c22-13-6-12(7-13)16(11-1-2-15-10(5-11)3-4-25-15)21-18(24)14-8-19-9-20-17(14)23/h1-2,5,8-9,12-13,16,22H,3-4,6-7H2,(H,21,24)(H,19,20,23)/t12?,13?,16-/m1/s1. The van der Waals surface area contributed by atoms with E-state index >= 15 is 0 Å². The van der Waals surface area contributed by atoms with Crippen LogP contribution in [-0.2, 0) is 6.42 Å². The van der Waals surface area contributed by atoms with Crippen molar-refractivity contribution in [2.75, 3.05) is 6.61 Å². The number of carbonyl (C=O) groups excluding carboxylic acids is 1. The monoisotopic (exact) mass is 341 g/mol. The van der Waals surface area contributed by atoms with Gasteiger partial charge in [-0.25, -0.2) is 4.98 Å². The molecular formula is C18H19N3O4. The van der Waals surface area contributed by atoms with Crippen molar-refractivity contribution < 1.29 is 14.6 Å². The van der Waals surface area contributed by atoms with Crippen LogP contribution >= 0.6 is 0 Å². The molecule has 4 rings (SSSR count). The molecule has 1 atom stereocenters. The number of benzene rings is 1. The predicted octanol–water partition coefficient (Wildman–Crippen LogP) is 0.947. The van der Waals surface area contributed by atoms with E-state index in [1.54, 1.807) is 0 Å². The quantitative estimate of drug-likeness (QED) is 0.768. The SMILES string of the molecule is O=C(N[C@H](c1ccc2c(c1)CCO2)C1CC(O)C1)c1cnc[nH]c1=O. The van der Waals surface area contributed by atoms with Gasteiger partial charge in [-0.15, -0.1) is 0 Å². The van der Waals surface area contributed by atoms with E-state index in [1.165, 1.54) is 12.5 Å². The minimum atomic E-state index is -0.470. The lowest BCUT2D eigenvalue weighted by atomic mass is 9.74. The van der Waals surface area contributed by atoms with E-state index < -0.39 is 11.5 Å². The number of hydrogen-bond acceptors (Lipinski definition) is 5. The maximum Gasteiger partial charge on any atom is 0.263 e. The van der Waals surface area contributed by atoms with Gasteiger partial charge in [-0.3, -0.25) is 9.59 Å². The minimum Gasteiger partial charge on any atom is -0.493 e. The maximum absolute atomic E-state index is 12.6. The Morgan fingerprint density at radius 1 is 1.40 bits per heavy atom. The highest BCUT2D eigenvalue weighted by Gasteiger charge is 2.36. The molecular weight excluding hydrogens is 322 g/mol. The van der Waals surface area contributed by atoms with Crippen LogP contribution in [-0.4, -0.2) is 33.7 Å². The number of aromatic amines is 1. The highest BCUT2D eigenvalue weighted by molar-refractivity contribution is 5.93. The van der Waals surface area contributed by atoms with Crippen molar-refractivity contribution in [3.63, 3.8) is 0 Å². The molecule has 2 heterocycles. The van der Waals surface area contributed by atoms with Gasteiger partial charge < -0.3 is 20.1 Å². The van der Waals surface area contributed by atoms with Crippen molar-refractivity contribution in [1.82, 2.24) is 15.3 Å². The summed E-state index contributed by atoms with van der Waals surface area (Å²) in [7, 11) is 0. The van der Waals surface area contributed by atoms with Crippen molar-refractivity contribution in [2.24, 2.45) is 5.92 Å². The fourth-order valence-electron chi connectivity index (χ4n) is 3.50. The molecule has 25 heavy (non-hydrogen) atoms. The summed E-state index contributed by atoms with van der Waals surface area (Å²) in [5.41, 5.74) is 1.60. The van der Waals surface area contributed by atoms with E-state index in [4.69, 9.17) is 4.74 Å². The van der Waals surface area contributed by atoms with Gasteiger partial charge in [0.05, 0.1) is 25.1 Å².